The summed E-state index contributed by atoms with van der Waals surface area (Å²) in [7, 11) is 0. The Balaban J connectivity index is 1.76. The molecule has 94 valence electrons. The van der Waals surface area contributed by atoms with Gasteiger partial charge in [0.15, 0.2) is 6.10 Å². The van der Waals surface area contributed by atoms with Crippen LogP contribution in [0.5, 0.6) is 0 Å². The zero-order chi connectivity index (χ0) is 12.1. The molecule has 2 fully saturated rings. The van der Waals surface area contributed by atoms with Crippen LogP contribution in [0.3, 0.4) is 0 Å². The van der Waals surface area contributed by atoms with Gasteiger partial charge >= 0.3 is 0 Å². The molecule has 0 aliphatic carbocycles. The van der Waals surface area contributed by atoms with Crippen LogP contribution in [0.1, 0.15) is 0 Å². The minimum Gasteiger partial charge on any atom is -0.379 e. The van der Waals surface area contributed by atoms with Gasteiger partial charge in [-0.25, -0.2) is 0 Å². The molecule has 0 aromatic heterocycles. The molecule has 2 aliphatic rings. The van der Waals surface area contributed by atoms with E-state index in [0.29, 0.717) is 13.1 Å². The second-order valence-corrected chi connectivity index (χ2v) is 4.22. The van der Waals surface area contributed by atoms with E-state index in [-0.39, 0.29) is 12.5 Å². The van der Waals surface area contributed by atoms with Gasteiger partial charge < -0.3 is 14.4 Å². The van der Waals surface area contributed by atoms with Crippen molar-refractivity contribution >= 4 is 5.91 Å². The molecule has 6 heteroatoms. The summed E-state index contributed by atoms with van der Waals surface area (Å²) in [5.74, 6) is -0.0234. The summed E-state index contributed by atoms with van der Waals surface area (Å²) in [6, 6.07) is 2.04. The van der Waals surface area contributed by atoms with Crippen molar-refractivity contribution in [3.63, 3.8) is 0 Å². The zero-order valence-corrected chi connectivity index (χ0v) is 9.80. The Labute approximate surface area is 101 Å². The molecule has 1 unspecified atom stereocenters. The quantitative estimate of drug-likeness (QED) is 0.636. The van der Waals surface area contributed by atoms with Crippen LogP contribution in [-0.2, 0) is 14.3 Å². The minimum atomic E-state index is -0.475. The van der Waals surface area contributed by atoms with E-state index < -0.39 is 6.10 Å². The van der Waals surface area contributed by atoms with E-state index in [1.54, 1.807) is 4.90 Å². The lowest BCUT2D eigenvalue weighted by atomic mass is 10.3. The number of carbonyl (C=O) groups excluding carboxylic acids is 1. The maximum Gasteiger partial charge on any atom is 0.248 e. The predicted octanol–water partition coefficient (Wildman–Crippen LogP) is -0.930. The van der Waals surface area contributed by atoms with Crippen molar-refractivity contribution in [1.29, 1.82) is 5.26 Å². The average molecular weight is 239 g/mol. The largest absolute Gasteiger partial charge is 0.379 e. The molecule has 17 heavy (non-hydrogen) atoms. The van der Waals surface area contributed by atoms with Gasteiger partial charge in [-0.05, 0) is 0 Å². The number of nitrogens with zero attached hydrogens (tertiary/aromatic N) is 3. The van der Waals surface area contributed by atoms with Crippen LogP contribution >= 0.6 is 0 Å². The summed E-state index contributed by atoms with van der Waals surface area (Å²) in [5, 5.41) is 8.77. The van der Waals surface area contributed by atoms with E-state index in [1.165, 1.54) is 0 Å². The van der Waals surface area contributed by atoms with Crippen molar-refractivity contribution in [3.05, 3.63) is 0 Å². The van der Waals surface area contributed by atoms with E-state index >= 15 is 0 Å². The standard InChI is InChI=1S/C11H17N3O3/c12-7-10-8-14(11(15)9-17-10)2-1-13-3-5-16-6-4-13/h10H,1-6,8-9H2. The lowest BCUT2D eigenvalue weighted by molar-refractivity contribution is -0.146. The number of carbonyl (C=O) groups is 1. The normalized spacial score (nSPS) is 26.9. The molecule has 2 heterocycles. The van der Waals surface area contributed by atoms with E-state index in [4.69, 9.17) is 14.7 Å². The molecule has 0 radical (unpaired) electrons. The zero-order valence-electron chi connectivity index (χ0n) is 9.80. The molecule has 0 N–H and O–H groups in total. The number of amides is 1. The first-order valence-corrected chi connectivity index (χ1v) is 5.88. The topological polar surface area (TPSA) is 65.8 Å². The lowest BCUT2D eigenvalue weighted by Crippen LogP contribution is -2.49. The first-order valence-electron chi connectivity index (χ1n) is 5.88. The lowest BCUT2D eigenvalue weighted by Gasteiger charge is -2.33. The van der Waals surface area contributed by atoms with Gasteiger partial charge in [0.1, 0.15) is 6.61 Å². The van der Waals surface area contributed by atoms with Crippen molar-refractivity contribution in [2.24, 2.45) is 0 Å². The third-order valence-corrected chi connectivity index (χ3v) is 3.08. The molecular formula is C11H17N3O3. The average Bonchev–Trinajstić information content (AvgIpc) is 2.39. The van der Waals surface area contributed by atoms with Crippen LogP contribution in [0.15, 0.2) is 0 Å². The Bertz CT molecular complexity index is 310. The Morgan fingerprint density at radius 2 is 2.12 bits per heavy atom. The van der Waals surface area contributed by atoms with E-state index in [9.17, 15) is 4.79 Å². The number of rotatable bonds is 3. The molecule has 6 nitrogen and oxygen atoms in total. The monoisotopic (exact) mass is 239 g/mol. The number of morpholine rings is 2. The van der Waals surface area contributed by atoms with Crippen LogP contribution in [0.25, 0.3) is 0 Å². The van der Waals surface area contributed by atoms with Crippen LogP contribution in [0.2, 0.25) is 0 Å². The number of ether oxygens (including phenoxy) is 2. The van der Waals surface area contributed by atoms with Crippen LogP contribution in [0, 0.1) is 11.3 Å². The van der Waals surface area contributed by atoms with Gasteiger partial charge in [0.2, 0.25) is 5.91 Å². The SMILES string of the molecule is N#CC1CN(CCN2CCOCC2)C(=O)CO1. The maximum absolute atomic E-state index is 11.6. The van der Waals surface area contributed by atoms with E-state index in [2.05, 4.69) is 4.90 Å². The predicted molar refractivity (Wildman–Crippen MR) is 59.2 cm³/mol. The van der Waals surface area contributed by atoms with Gasteiger partial charge in [0.05, 0.1) is 25.8 Å². The van der Waals surface area contributed by atoms with Crippen molar-refractivity contribution in [1.82, 2.24) is 9.80 Å². The van der Waals surface area contributed by atoms with Gasteiger partial charge in [0.25, 0.3) is 0 Å². The fraction of sp³-hybridized carbons (Fsp3) is 0.818. The Morgan fingerprint density at radius 1 is 1.35 bits per heavy atom. The molecule has 1 atom stereocenters. The summed E-state index contributed by atoms with van der Waals surface area (Å²) in [6.07, 6.45) is -0.475. The number of hydrogen-bond donors (Lipinski definition) is 0. The highest BCUT2D eigenvalue weighted by Crippen LogP contribution is 2.06. The number of hydrogen-bond acceptors (Lipinski definition) is 5. The third kappa shape index (κ3) is 3.40. The summed E-state index contributed by atoms with van der Waals surface area (Å²) in [5.41, 5.74) is 0. The second kappa shape index (κ2) is 5.96. The highest BCUT2D eigenvalue weighted by molar-refractivity contribution is 5.78. The molecule has 2 saturated heterocycles. The van der Waals surface area contributed by atoms with Crippen molar-refractivity contribution < 1.29 is 14.3 Å². The third-order valence-electron chi connectivity index (χ3n) is 3.08. The first kappa shape index (κ1) is 12.3. The molecule has 0 saturated carbocycles. The molecular weight excluding hydrogens is 222 g/mol. The van der Waals surface area contributed by atoms with E-state index in [1.807, 2.05) is 6.07 Å². The van der Waals surface area contributed by atoms with Gasteiger partial charge in [0, 0.05) is 26.2 Å². The highest BCUT2D eigenvalue weighted by Gasteiger charge is 2.26. The van der Waals surface area contributed by atoms with Crippen molar-refractivity contribution in [3.8, 4) is 6.07 Å². The molecule has 2 rings (SSSR count). The summed E-state index contributed by atoms with van der Waals surface area (Å²) in [4.78, 5) is 15.6. The van der Waals surface area contributed by atoms with Gasteiger partial charge in [-0.2, -0.15) is 5.26 Å². The summed E-state index contributed by atoms with van der Waals surface area (Å²) < 4.78 is 10.3. The van der Waals surface area contributed by atoms with E-state index in [0.717, 1.165) is 32.8 Å². The van der Waals surface area contributed by atoms with Crippen molar-refractivity contribution in [2.45, 2.75) is 6.10 Å². The maximum atomic E-state index is 11.6. The highest BCUT2D eigenvalue weighted by atomic mass is 16.5. The Morgan fingerprint density at radius 3 is 2.82 bits per heavy atom. The fourth-order valence-electron chi connectivity index (χ4n) is 2.00. The minimum absolute atomic E-state index is 0.0234. The molecule has 0 aromatic rings. The van der Waals surface area contributed by atoms with Crippen LogP contribution in [0.4, 0.5) is 0 Å². The number of nitriles is 1. The van der Waals surface area contributed by atoms with Gasteiger partial charge in [-0.15, -0.1) is 0 Å². The van der Waals surface area contributed by atoms with Crippen molar-refractivity contribution in [2.75, 3.05) is 52.5 Å². The van der Waals surface area contributed by atoms with Crippen LogP contribution < -0.4 is 0 Å². The Hall–Kier alpha value is -1.16. The Kier molecular flexibility index (Phi) is 4.31. The van der Waals surface area contributed by atoms with Crippen LogP contribution in [-0.4, -0.2) is 74.4 Å². The molecule has 0 spiro atoms. The summed E-state index contributed by atoms with van der Waals surface area (Å²) >= 11 is 0. The summed E-state index contributed by atoms with van der Waals surface area (Å²) in [6.45, 7) is 5.28. The first-order chi connectivity index (χ1) is 8.29. The molecule has 1 amide bonds. The second-order valence-electron chi connectivity index (χ2n) is 4.22. The molecule has 0 aromatic carbocycles. The molecule has 2 aliphatic heterocycles. The van der Waals surface area contributed by atoms with Gasteiger partial charge in [-0.1, -0.05) is 0 Å². The fourth-order valence-corrected chi connectivity index (χ4v) is 2.00. The molecule has 0 bridgehead atoms. The smallest absolute Gasteiger partial charge is 0.248 e. The van der Waals surface area contributed by atoms with Gasteiger partial charge in [-0.3, -0.25) is 9.69 Å².